The number of likely N-dealkylation sites (tertiary alicyclic amines) is 1. The average molecular weight is 441 g/mol. The molecule has 148 valence electrons. The van der Waals surface area contributed by atoms with Crippen LogP contribution in [0.3, 0.4) is 0 Å². The first-order valence-corrected chi connectivity index (χ1v) is 10.5. The highest BCUT2D eigenvalue weighted by molar-refractivity contribution is 9.10. The number of amides is 1. The van der Waals surface area contributed by atoms with E-state index in [-0.39, 0.29) is 16.5 Å². The number of anilines is 1. The first kappa shape index (κ1) is 18.9. The van der Waals surface area contributed by atoms with E-state index in [1.807, 2.05) is 11.8 Å². The molecule has 0 aromatic carbocycles. The Balaban J connectivity index is 1.27. The molecule has 8 heteroatoms. The van der Waals surface area contributed by atoms with Crippen molar-refractivity contribution in [2.24, 2.45) is 5.41 Å². The van der Waals surface area contributed by atoms with Crippen molar-refractivity contribution < 1.29 is 13.9 Å². The molecule has 1 atom stereocenters. The third-order valence-corrected chi connectivity index (χ3v) is 6.82. The van der Waals surface area contributed by atoms with E-state index in [0.717, 1.165) is 51.4 Å². The summed E-state index contributed by atoms with van der Waals surface area (Å²) in [4.78, 5) is 22.5. The van der Waals surface area contributed by atoms with E-state index in [0.29, 0.717) is 18.1 Å². The Bertz CT molecular complexity index is 705. The molecule has 27 heavy (non-hydrogen) atoms. The molecule has 1 aromatic rings. The zero-order valence-electron chi connectivity index (χ0n) is 15.7. The van der Waals surface area contributed by atoms with Crippen LogP contribution in [-0.2, 0) is 4.74 Å². The van der Waals surface area contributed by atoms with Gasteiger partial charge in [0.05, 0.1) is 18.5 Å². The van der Waals surface area contributed by atoms with Crippen molar-refractivity contribution in [1.29, 1.82) is 0 Å². The molecule has 1 amide bonds. The highest BCUT2D eigenvalue weighted by atomic mass is 79.9. The topological polar surface area (TPSA) is 48.9 Å². The fourth-order valence-electron chi connectivity index (χ4n) is 4.81. The molecule has 3 aliphatic rings. The standard InChI is InChI=1S/C19H26BrFN4O2/c1-2-27-18(26)25-12-19(13-25)4-3-14(10-19)23-5-7-24(8-6-23)15-9-16(21)17(20)22-11-15/h9,11,14H,2-8,10,12-13H2,1H3/t14-/m1/s1. The Morgan fingerprint density at radius 1 is 1.37 bits per heavy atom. The molecule has 3 heterocycles. The smallest absolute Gasteiger partial charge is 0.409 e. The second kappa shape index (κ2) is 7.54. The van der Waals surface area contributed by atoms with Crippen LogP contribution in [0.15, 0.2) is 16.9 Å². The number of halogens is 2. The van der Waals surface area contributed by atoms with Crippen LogP contribution in [0.2, 0.25) is 0 Å². The van der Waals surface area contributed by atoms with Crippen LogP contribution in [0.25, 0.3) is 0 Å². The summed E-state index contributed by atoms with van der Waals surface area (Å²) in [7, 11) is 0. The number of rotatable bonds is 3. The lowest BCUT2D eigenvalue weighted by Gasteiger charge is -2.48. The molecule has 2 aliphatic heterocycles. The van der Waals surface area contributed by atoms with Crippen molar-refractivity contribution in [2.75, 3.05) is 50.8 Å². The van der Waals surface area contributed by atoms with Gasteiger partial charge in [-0.25, -0.2) is 14.2 Å². The third-order valence-electron chi connectivity index (χ3n) is 6.23. The zero-order chi connectivity index (χ0) is 19.0. The summed E-state index contributed by atoms with van der Waals surface area (Å²) in [5, 5.41) is 0. The molecule has 0 bridgehead atoms. The van der Waals surface area contributed by atoms with Crippen molar-refractivity contribution in [3.8, 4) is 0 Å². The Kier molecular flexibility index (Phi) is 5.29. The molecule has 0 unspecified atom stereocenters. The van der Waals surface area contributed by atoms with Crippen LogP contribution in [0, 0.1) is 11.2 Å². The van der Waals surface area contributed by atoms with E-state index < -0.39 is 0 Å². The van der Waals surface area contributed by atoms with Gasteiger partial charge in [0.2, 0.25) is 0 Å². The largest absolute Gasteiger partial charge is 0.450 e. The van der Waals surface area contributed by atoms with Crippen LogP contribution >= 0.6 is 15.9 Å². The zero-order valence-corrected chi connectivity index (χ0v) is 17.3. The van der Waals surface area contributed by atoms with Crippen molar-refractivity contribution in [2.45, 2.75) is 32.2 Å². The Morgan fingerprint density at radius 3 is 2.78 bits per heavy atom. The maximum atomic E-state index is 13.7. The van der Waals surface area contributed by atoms with Gasteiger partial charge in [-0.1, -0.05) is 0 Å². The molecule has 4 rings (SSSR count). The molecule has 1 aromatic heterocycles. The number of hydrogen-bond donors (Lipinski definition) is 0. The van der Waals surface area contributed by atoms with Crippen LogP contribution < -0.4 is 4.90 Å². The van der Waals surface area contributed by atoms with Gasteiger partial charge in [-0.15, -0.1) is 0 Å². The maximum Gasteiger partial charge on any atom is 0.409 e. The molecule has 1 saturated carbocycles. The van der Waals surface area contributed by atoms with Crippen LogP contribution in [0.4, 0.5) is 14.9 Å². The van der Waals surface area contributed by atoms with Crippen LogP contribution in [-0.4, -0.2) is 72.8 Å². The lowest BCUT2D eigenvalue weighted by atomic mass is 9.78. The van der Waals surface area contributed by atoms with Crippen molar-refractivity contribution in [3.05, 3.63) is 22.7 Å². The molecule has 1 spiro atoms. The SMILES string of the molecule is CCOC(=O)N1CC2(CC[C@@H](N3CCN(c4cnc(Br)c(F)c4)CC3)C2)C1. The third kappa shape index (κ3) is 3.78. The quantitative estimate of drug-likeness (QED) is 0.675. The van der Waals surface area contributed by atoms with Crippen molar-refractivity contribution >= 4 is 27.7 Å². The molecule has 0 radical (unpaired) electrons. The second-order valence-electron chi connectivity index (χ2n) is 7.94. The summed E-state index contributed by atoms with van der Waals surface area (Å²) in [5.74, 6) is -0.316. The number of ether oxygens (including phenoxy) is 1. The number of nitrogens with zero attached hydrogens (tertiary/aromatic N) is 4. The molecule has 0 N–H and O–H groups in total. The minimum Gasteiger partial charge on any atom is -0.450 e. The van der Waals surface area contributed by atoms with E-state index >= 15 is 0 Å². The first-order valence-electron chi connectivity index (χ1n) is 9.71. The highest BCUT2D eigenvalue weighted by Gasteiger charge is 2.51. The predicted octanol–water partition coefficient (Wildman–Crippen LogP) is 3.12. The van der Waals surface area contributed by atoms with E-state index in [4.69, 9.17) is 4.74 Å². The Morgan fingerprint density at radius 2 is 2.11 bits per heavy atom. The lowest BCUT2D eigenvalue weighted by Crippen LogP contribution is -2.58. The number of carbonyl (C=O) groups excluding carboxylic acids is 1. The second-order valence-corrected chi connectivity index (χ2v) is 8.69. The molecule has 6 nitrogen and oxygen atoms in total. The van der Waals surface area contributed by atoms with E-state index in [1.165, 1.54) is 12.8 Å². The van der Waals surface area contributed by atoms with E-state index in [2.05, 4.69) is 30.7 Å². The number of hydrogen-bond acceptors (Lipinski definition) is 5. The van der Waals surface area contributed by atoms with Gasteiger partial charge < -0.3 is 14.5 Å². The highest BCUT2D eigenvalue weighted by Crippen LogP contribution is 2.47. The molecular formula is C19H26BrFN4O2. The maximum absolute atomic E-state index is 13.7. The fraction of sp³-hybridized carbons (Fsp3) is 0.684. The van der Waals surface area contributed by atoms with E-state index in [1.54, 1.807) is 12.3 Å². The monoisotopic (exact) mass is 440 g/mol. The first-order chi connectivity index (χ1) is 13.0. The Hall–Kier alpha value is -1.41. The predicted molar refractivity (Wildman–Crippen MR) is 104 cm³/mol. The number of piperazine rings is 1. The molecular weight excluding hydrogens is 415 g/mol. The summed E-state index contributed by atoms with van der Waals surface area (Å²) in [5.41, 5.74) is 1.15. The van der Waals surface area contributed by atoms with Gasteiger partial charge in [0.25, 0.3) is 0 Å². The average Bonchev–Trinajstić information content (AvgIpc) is 3.09. The van der Waals surface area contributed by atoms with Crippen LogP contribution in [0.1, 0.15) is 26.2 Å². The van der Waals surface area contributed by atoms with Gasteiger partial charge in [-0.2, -0.15) is 0 Å². The van der Waals surface area contributed by atoms with Gasteiger partial charge in [-0.3, -0.25) is 4.90 Å². The molecule has 3 fully saturated rings. The van der Waals surface area contributed by atoms with Gasteiger partial charge in [-0.05, 0) is 42.1 Å². The van der Waals surface area contributed by atoms with Gasteiger partial charge in [0.15, 0.2) is 5.82 Å². The number of carbonyl (C=O) groups is 1. The van der Waals surface area contributed by atoms with Gasteiger partial charge in [0.1, 0.15) is 4.60 Å². The number of pyridine rings is 1. The minimum atomic E-state index is -0.316. The molecule has 1 aliphatic carbocycles. The van der Waals surface area contributed by atoms with Crippen LogP contribution in [0.5, 0.6) is 0 Å². The summed E-state index contributed by atoms with van der Waals surface area (Å²) < 4.78 is 19.1. The Labute approximate surface area is 167 Å². The lowest BCUT2D eigenvalue weighted by molar-refractivity contribution is -0.00294. The summed E-state index contributed by atoms with van der Waals surface area (Å²) in [6.07, 6.45) is 5.11. The summed E-state index contributed by atoms with van der Waals surface area (Å²) in [6, 6.07) is 2.15. The van der Waals surface area contributed by atoms with Crippen molar-refractivity contribution in [3.63, 3.8) is 0 Å². The summed E-state index contributed by atoms with van der Waals surface area (Å²) >= 11 is 3.11. The summed E-state index contributed by atoms with van der Waals surface area (Å²) in [6.45, 7) is 7.71. The number of aromatic nitrogens is 1. The van der Waals surface area contributed by atoms with Crippen molar-refractivity contribution in [1.82, 2.24) is 14.8 Å². The fourth-order valence-corrected chi connectivity index (χ4v) is 5.03. The minimum absolute atomic E-state index is 0.171. The molecule has 2 saturated heterocycles. The van der Waals surface area contributed by atoms with E-state index in [9.17, 15) is 9.18 Å². The normalized spacial score (nSPS) is 24.9. The van der Waals surface area contributed by atoms with Gasteiger partial charge in [0, 0.05) is 56.8 Å². The van der Waals surface area contributed by atoms with Gasteiger partial charge >= 0.3 is 6.09 Å².